The fourth-order valence-electron chi connectivity index (χ4n) is 2.21. The summed E-state index contributed by atoms with van der Waals surface area (Å²) in [6.45, 7) is 1.95. The Bertz CT molecular complexity index is 876. The second kappa shape index (κ2) is 5.91. The van der Waals surface area contributed by atoms with E-state index in [4.69, 9.17) is 0 Å². The smallest absolute Gasteiger partial charge is 0.436 e. The Morgan fingerprint density at radius 3 is 2.58 bits per heavy atom. The van der Waals surface area contributed by atoms with Gasteiger partial charge in [0.25, 0.3) is 0 Å². The Labute approximate surface area is 134 Å². The minimum atomic E-state index is -4.57. The van der Waals surface area contributed by atoms with Gasteiger partial charge in [-0.15, -0.1) is 5.10 Å². The van der Waals surface area contributed by atoms with Gasteiger partial charge in [0, 0.05) is 11.6 Å². The van der Waals surface area contributed by atoms with Crippen LogP contribution < -0.4 is 0 Å². The van der Waals surface area contributed by atoms with Crippen LogP contribution in [0.2, 0.25) is 0 Å². The Morgan fingerprint density at radius 1 is 1.17 bits per heavy atom. The number of alkyl halides is 3. The predicted octanol–water partition coefficient (Wildman–Crippen LogP) is 3.01. The first-order chi connectivity index (χ1) is 11.4. The van der Waals surface area contributed by atoms with E-state index >= 15 is 0 Å². The topological polar surface area (TPSA) is 76.7 Å². The lowest BCUT2D eigenvalue weighted by Crippen LogP contribution is -2.05. The first kappa shape index (κ1) is 15.9. The molecular weight excluding hydrogens is 323 g/mol. The van der Waals surface area contributed by atoms with Crippen molar-refractivity contribution in [1.29, 1.82) is 0 Å². The Hall–Kier alpha value is -2.97. The van der Waals surface area contributed by atoms with E-state index in [-0.39, 0.29) is 5.88 Å². The molecule has 0 radical (unpaired) electrons. The summed E-state index contributed by atoms with van der Waals surface area (Å²) < 4.78 is 39.3. The SMILES string of the molecule is CCc1ccc(-n2cc(C(F)(F)F)nn2)c(-c2cc(O)ncn2)c1. The van der Waals surface area contributed by atoms with E-state index in [9.17, 15) is 18.3 Å². The predicted molar refractivity (Wildman–Crippen MR) is 78.4 cm³/mol. The molecule has 0 spiro atoms. The molecule has 1 aromatic carbocycles. The summed E-state index contributed by atoms with van der Waals surface area (Å²) in [5.41, 5.74) is 1.14. The van der Waals surface area contributed by atoms with Crippen molar-refractivity contribution in [2.75, 3.05) is 0 Å². The van der Waals surface area contributed by atoms with Crippen molar-refractivity contribution in [3.8, 4) is 22.8 Å². The number of aromatic hydroxyl groups is 1. The van der Waals surface area contributed by atoms with Crippen molar-refractivity contribution in [3.05, 3.63) is 48.0 Å². The van der Waals surface area contributed by atoms with Crippen LogP contribution in [0.15, 0.2) is 36.8 Å². The molecule has 0 aliphatic carbocycles. The highest BCUT2D eigenvalue weighted by atomic mass is 19.4. The number of aryl methyl sites for hydroxylation is 1. The molecular formula is C15H12F3N5O. The van der Waals surface area contributed by atoms with Crippen LogP contribution in [0.5, 0.6) is 5.88 Å². The van der Waals surface area contributed by atoms with Crippen LogP contribution in [0.4, 0.5) is 13.2 Å². The average molecular weight is 335 g/mol. The summed E-state index contributed by atoms with van der Waals surface area (Å²) >= 11 is 0. The molecule has 3 rings (SSSR count). The minimum Gasteiger partial charge on any atom is -0.493 e. The average Bonchev–Trinajstić information content (AvgIpc) is 3.04. The maximum absolute atomic E-state index is 12.7. The number of nitrogens with zero attached hydrogens (tertiary/aromatic N) is 5. The molecule has 0 unspecified atom stereocenters. The molecule has 3 aromatic rings. The van der Waals surface area contributed by atoms with Crippen LogP contribution in [0.1, 0.15) is 18.2 Å². The van der Waals surface area contributed by atoms with Crippen LogP contribution in [0.3, 0.4) is 0 Å². The Kier molecular flexibility index (Phi) is 3.92. The third-order valence-corrected chi connectivity index (χ3v) is 3.43. The Balaban J connectivity index is 2.16. The molecule has 0 bridgehead atoms. The van der Waals surface area contributed by atoms with Gasteiger partial charge in [0.05, 0.1) is 17.6 Å². The molecule has 24 heavy (non-hydrogen) atoms. The number of benzene rings is 1. The highest BCUT2D eigenvalue weighted by Gasteiger charge is 2.34. The lowest BCUT2D eigenvalue weighted by molar-refractivity contribution is -0.141. The van der Waals surface area contributed by atoms with Crippen LogP contribution in [-0.4, -0.2) is 30.1 Å². The maximum Gasteiger partial charge on any atom is 0.436 e. The standard InChI is InChI=1S/C15H12F3N5O/c1-2-9-3-4-12(23-7-13(21-22-23)15(16,17)18)10(5-9)11-6-14(24)20-8-19-11/h3-8H,2H2,1H3,(H,19,20,24). The lowest BCUT2D eigenvalue weighted by Gasteiger charge is -2.10. The van der Waals surface area contributed by atoms with E-state index in [0.29, 0.717) is 16.9 Å². The molecule has 0 amide bonds. The summed E-state index contributed by atoms with van der Waals surface area (Å²) in [7, 11) is 0. The number of halogens is 3. The van der Waals surface area contributed by atoms with Crippen molar-refractivity contribution in [1.82, 2.24) is 25.0 Å². The molecule has 0 fully saturated rings. The van der Waals surface area contributed by atoms with Crippen LogP contribution in [-0.2, 0) is 12.6 Å². The number of hydrogen-bond donors (Lipinski definition) is 1. The molecule has 0 atom stereocenters. The fourth-order valence-corrected chi connectivity index (χ4v) is 2.21. The van der Waals surface area contributed by atoms with Gasteiger partial charge in [0.15, 0.2) is 5.69 Å². The van der Waals surface area contributed by atoms with Gasteiger partial charge >= 0.3 is 6.18 Å². The second-order valence-corrected chi connectivity index (χ2v) is 5.01. The van der Waals surface area contributed by atoms with E-state index in [0.717, 1.165) is 22.9 Å². The van der Waals surface area contributed by atoms with E-state index in [2.05, 4.69) is 20.3 Å². The third-order valence-electron chi connectivity index (χ3n) is 3.43. The second-order valence-electron chi connectivity index (χ2n) is 5.01. The normalized spacial score (nSPS) is 11.7. The number of hydrogen-bond acceptors (Lipinski definition) is 5. The maximum atomic E-state index is 12.7. The highest BCUT2D eigenvalue weighted by molar-refractivity contribution is 5.71. The van der Waals surface area contributed by atoms with Crippen LogP contribution in [0, 0.1) is 0 Å². The van der Waals surface area contributed by atoms with Crippen molar-refractivity contribution in [2.45, 2.75) is 19.5 Å². The minimum absolute atomic E-state index is 0.234. The van der Waals surface area contributed by atoms with Crippen LogP contribution >= 0.6 is 0 Å². The third kappa shape index (κ3) is 3.05. The van der Waals surface area contributed by atoms with E-state index in [1.54, 1.807) is 18.2 Å². The van der Waals surface area contributed by atoms with Gasteiger partial charge in [0.2, 0.25) is 5.88 Å². The molecule has 2 aromatic heterocycles. The zero-order chi connectivity index (χ0) is 17.3. The number of rotatable bonds is 3. The zero-order valence-electron chi connectivity index (χ0n) is 12.5. The Morgan fingerprint density at radius 2 is 1.96 bits per heavy atom. The van der Waals surface area contributed by atoms with Gasteiger partial charge in [-0.3, -0.25) is 0 Å². The highest BCUT2D eigenvalue weighted by Crippen LogP contribution is 2.30. The lowest BCUT2D eigenvalue weighted by atomic mass is 10.0. The molecule has 6 nitrogen and oxygen atoms in total. The van der Waals surface area contributed by atoms with Crippen molar-refractivity contribution < 1.29 is 18.3 Å². The van der Waals surface area contributed by atoms with E-state index in [1.165, 1.54) is 12.4 Å². The molecule has 124 valence electrons. The van der Waals surface area contributed by atoms with Gasteiger partial charge in [0.1, 0.15) is 6.33 Å². The largest absolute Gasteiger partial charge is 0.493 e. The molecule has 0 aliphatic rings. The first-order valence-electron chi connectivity index (χ1n) is 7.02. The molecule has 0 saturated heterocycles. The van der Waals surface area contributed by atoms with Gasteiger partial charge < -0.3 is 5.11 Å². The van der Waals surface area contributed by atoms with Gasteiger partial charge in [-0.2, -0.15) is 13.2 Å². The zero-order valence-corrected chi connectivity index (χ0v) is 12.5. The van der Waals surface area contributed by atoms with Crippen molar-refractivity contribution in [2.24, 2.45) is 0 Å². The monoisotopic (exact) mass is 335 g/mol. The van der Waals surface area contributed by atoms with E-state index < -0.39 is 11.9 Å². The molecule has 2 heterocycles. The summed E-state index contributed by atoms with van der Waals surface area (Å²) in [4.78, 5) is 7.68. The van der Waals surface area contributed by atoms with Crippen LogP contribution in [0.25, 0.3) is 16.9 Å². The summed E-state index contributed by atoms with van der Waals surface area (Å²) in [6.07, 6.45) is -1.86. The quantitative estimate of drug-likeness (QED) is 0.796. The van der Waals surface area contributed by atoms with Gasteiger partial charge in [-0.05, 0) is 24.1 Å². The molecule has 1 N–H and O–H groups in total. The number of aromatic nitrogens is 5. The van der Waals surface area contributed by atoms with Crippen molar-refractivity contribution in [3.63, 3.8) is 0 Å². The molecule has 0 saturated carbocycles. The molecule has 9 heteroatoms. The summed E-state index contributed by atoms with van der Waals surface area (Å²) in [5, 5.41) is 16.3. The van der Waals surface area contributed by atoms with Gasteiger partial charge in [-0.25, -0.2) is 14.6 Å². The summed E-state index contributed by atoms with van der Waals surface area (Å²) in [6, 6.07) is 6.54. The molecule has 0 aliphatic heterocycles. The van der Waals surface area contributed by atoms with Gasteiger partial charge in [-0.1, -0.05) is 18.2 Å². The first-order valence-corrected chi connectivity index (χ1v) is 7.02. The van der Waals surface area contributed by atoms with E-state index in [1.807, 2.05) is 6.92 Å². The van der Waals surface area contributed by atoms with Crippen molar-refractivity contribution >= 4 is 0 Å². The fraction of sp³-hybridized carbons (Fsp3) is 0.200. The summed E-state index contributed by atoms with van der Waals surface area (Å²) in [5.74, 6) is -0.234.